The number of hydrogen-bond acceptors (Lipinski definition) is 2. The van der Waals surface area contributed by atoms with Gasteiger partial charge in [0, 0.05) is 6.07 Å². The maximum atomic E-state index is 12.1. The zero-order valence-corrected chi connectivity index (χ0v) is 13.4. The van der Waals surface area contributed by atoms with Crippen molar-refractivity contribution in [3.8, 4) is 5.75 Å². The van der Waals surface area contributed by atoms with Crippen LogP contribution in [0.4, 0.5) is 0 Å². The lowest BCUT2D eigenvalue weighted by atomic mass is 10.0. The van der Waals surface area contributed by atoms with Gasteiger partial charge in [-0.3, -0.25) is 0 Å². The Kier molecular flexibility index (Phi) is 3.74. The first kappa shape index (κ1) is 15.0. The number of phenols is 1. The van der Waals surface area contributed by atoms with Crippen LogP contribution in [-0.4, -0.2) is 9.67 Å². The van der Waals surface area contributed by atoms with Crippen molar-refractivity contribution in [2.45, 2.75) is 6.92 Å². The molecule has 0 bridgehead atoms. The average Bonchev–Trinajstić information content (AvgIpc) is 2.54. The fourth-order valence-electron chi connectivity index (χ4n) is 2.69. The number of hydrogen-bond donors (Lipinski definition) is 1. The minimum absolute atomic E-state index is 0.0644. The molecule has 0 amide bonds. The van der Waals surface area contributed by atoms with Crippen molar-refractivity contribution in [2.24, 2.45) is 14.1 Å². The Morgan fingerprint density at radius 1 is 1.13 bits per heavy atom. The van der Waals surface area contributed by atoms with E-state index in [9.17, 15) is 9.90 Å². The first-order chi connectivity index (χ1) is 11.0. The molecular formula is C19H19N2O2+. The van der Waals surface area contributed by atoms with Gasteiger partial charge >= 0.3 is 5.69 Å². The summed E-state index contributed by atoms with van der Waals surface area (Å²) >= 11 is 0. The topological polar surface area (TPSA) is 46.1 Å². The molecule has 0 spiro atoms. The summed E-state index contributed by atoms with van der Waals surface area (Å²) in [7, 11) is 3.51. The molecule has 0 aliphatic rings. The first-order valence-corrected chi connectivity index (χ1v) is 7.44. The molecule has 23 heavy (non-hydrogen) atoms. The van der Waals surface area contributed by atoms with Crippen LogP contribution in [0.5, 0.6) is 5.75 Å². The molecule has 1 aromatic heterocycles. The van der Waals surface area contributed by atoms with E-state index in [0.29, 0.717) is 0 Å². The van der Waals surface area contributed by atoms with Crippen LogP contribution in [0.1, 0.15) is 17.0 Å². The van der Waals surface area contributed by atoms with E-state index in [-0.39, 0.29) is 11.4 Å². The number of benzene rings is 2. The molecule has 0 radical (unpaired) electrons. The number of nitrogens with zero attached hydrogens (tertiary/aromatic N) is 2. The molecule has 0 saturated heterocycles. The summed E-state index contributed by atoms with van der Waals surface area (Å²) in [6, 6.07) is 13.3. The highest BCUT2D eigenvalue weighted by molar-refractivity contribution is 5.93. The second kappa shape index (κ2) is 5.72. The molecular weight excluding hydrogens is 288 g/mol. The molecule has 0 aliphatic heterocycles. The Labute approximate surface area is 134 Å². The summed E-state index contributed by atoms with van der Waals surface area (Å²) < 4.78 is 3.22. The van der Waals surface area contributed by atoms with Crippen LogP contribution < -0.4 is 10.3 Å². The van der Waals surface area contributed by atoms with Crippen LogP contribution in [0.25, 0.3) is 22.9 Å². The van der Waals surface area contributed by atoms with Crippen LogP contribution in [0.15, 0.2) is 47.3 Å². The van der Waals surface area contributed by atoms with Crippen molar-refractivity contribution in [1.29, 1.82) is 0 Å². The number of phenolic OH excluding ortho intramolecular Hbond substituents is 1. The third-order valence-electron chi connectivity index (χ3n) is 4.16. The Hall–Kier alpha value is -2.88. The van der Waals surface area contributed by atoms with Crippen molar-refractivity contribution in [2.75, 3.05) is 0 Å². The summed E-state index contributed by atoms with van der Waals surface area (Å²) in [5, 5.41) is 11.9. The van der Waals surface area contributed by atoms with E-state index >= 15 is 0 Å². The molecule has 3 aromatic rings. The Morgan fingerprint density at radius 3 is 2.65 bits per heavy atom. The summed E-state index contributed by atoms with van der Waals surface area (Å²) in [5.74, 6) is 0.230. The van der Waals surface area contributed by atoms with Crippen molar-refractivity contribution >= 4 is 22.9 Å². The molecule has 3 rings (SSSR count). The summed E-state index contributed by atoms with van der Waals surface area (Å²) in [6.07, 6.45) is 3.83. The van der Waals surface area contributed by atoms with Crippen molar-refractivity contribution in [1.82, 2.24) is 4.57 Å². The van der Waals surface area contributed by atoms with Crippen LogP contribution >= 0.6 is 0 Å². The van der Waals surface area contributed by atoms with E-state index in [2.05, 4.69) is 0 Å². The Bertz CT molecular complexity index is 985. The number of fused-ring (bicyclic) bond motifs is 1. The van der Waals surface area contributed by atoms with Gasteiger partial charge in [-0.15, -0.1) is 0 Å². The maximum Gasteiger partial charge on any atom is 0.498 e. The summed E-state index contributed by atoms with van der Waals surface area (Å²) in [5.41, 5.74) is 2.57. The van der Waals surface area contributed by atoms with E-state index in [4.69, 9.17) is 0 Å². The van der Waals surface area contributed by atoms with Gasteiger partial charge in [-0.05, 0) is 41.5 Å². The molecule has 4 nitrogen and oxygen atoms in total. The minimum atomic E-state index is -0.0644. The second-order valence-electron chi connectivity index (χ2n) is 5.70. The van der Waals surface area contributed by atoms with Gasteiger partial charge in [0.15, 0.2) is 0 Å². The van der Waals surface area contributed by atoms with Crippen molar-refractivity contribution in [3.63, 3.8) is 0 Å². The summed E-state index contributed by atoms with van der Waals surface area (Å²) in [4.78, 5) is 12.1. The highest BCUT2D eigenvalue weighted by atomic mass is 16.3. The Balaban J connectivity index is 2.13. The van der Waals surface area contributed by atoms with E-state index in [1.54, 1.807) is 35.4 Å². The zero-order chi connectivity index (χ0) is 16.6. The molecule has 0 unspecified atom stereocenters. The largest absolute Gasteiger partial charge is 0.508 e. The number of rotatable bonds is 2. The number of aryl methyl sites for hydroxylation is 1. The monoisotopic (exact) mass is 307 g/mol. The van der Waals surface area contributed by atoms with E-state index < -0.39 is 0 Å². The molecule has 1 N–H and O–H groups in total. The molecule has 0 saturated carbocycles. The van der Waals surface area contributed by atoms with Crippen LogP contribution in [0.2, 0.25) is 0 Å². The van der Waals surface area contributed by atoms with Crippen LogP contribution in [0, 0.1) is 6.92 Å². The van der Waals surface area contributed by atoms with Crippen LogP contribution in [-0.2, 0) is 14.1 Å². The molecule has 1 heterocycles. The van der Waals surface area contributed by atoms with E-state index in [1.165, 1.54) is 0 Å². The standard InChI is InChI=1S/C19H18N2O2/c1-13-10-16(21(3)19(23)20(13)2)9-8-15-12-17(22)11-14-6-4-5-7-18(14)15/h4-12H,1-3H3/p+1. The van der Waals surface area contributed by atoms with Gasteiger partial charge in [-0.25, -0.2) is 0 Å². The van der Waals surface area contributed by atoms with Crippen LogP contribution in [0.3, 0.4) is 0 Å². The van der Waals surface area contributed by atoms with Crippen molar-refractivity contribution in [3.05, 3.63) is 69.9 Å². The van der Waals surface area contributed by atoms with Gasteiger partial charge in [0.05, 0.1) is 14.1 Å². The fourth-order valence-corrected chi connectivity index (χ4v) is 2.69. The molecule has 116 valence electrons. The lowest BCUT2D eigenvalue weighted by Gasteiger charge is -2.05. The third-order valence-corrected chi connectivity index (χ3v) is 4.16. The third kappa shape index (κ3) is 2.75. The van der Waals surface area contributed by atoms with Crippen molar-refractivity contribution < 1.29 is 9.67 Å². The quantitative estimate of drug-likeness (QED) is 0.740. The maximum absolute atomic E-state index is 12.1. The zero-order valence-electron chi connectivity index (χ0n) is 13.4. The molecule has 0 fully saturated rings. The average molecular weight is 307 g/mol. The lowest BCUT2D eigenvalue weighted by molar-refractivity contribution is -0.692. The number of aromatic nitrogens is 2. The first-order valence-electron chi connectivity index (χ1n) is 7.44. The normalized spacial score (nSPS) is 11.4. The predicted molar refractivity (Wildman–Crippen MR) is 92.1 cm³/mol. The molecule has 0 atom stereocenters. The SMILES string of the molecule is Cc1cc(C=Cc2cc(O)cc3ccccc23)[n+](C)c(=O)n1C. The lowest BCUT2D eigenvalue weighted by Crippen LogP contribution is -2.53. The second-order valence-corrected chi connectivity index (χ2v) is 5.70. The smallest absolute Gasteiger partial charge is 0.498 e. The molecule has 2 aromatic carbocycles. The predicted octanol–water partition coefficient (Wildman–Crippen LogP) is 2.55. The fraction of sp³-hybridized carbons (Fsp3) is 0.158. The van der Waals surface area contributed by atoms with Gasteiger partial charge < -0.3 is 5.11 Å². The Morgan fingerprint density at radius 2 is 1.87 bits per heavy atom. The van der Waals surface area contributed by atoms with Gasteiger partial charge in [0.1, 0.15) is 17.1 Å². The van der Waals surface area contributed by atoms with E-state index in [0.717, 1.165) is 27.7 Å². The van der Waals surface area contributed by atoms with Gasteiger partial charge in [0.25, 0.3) is 0 Å². The van der Waals surface area contributed by atoms with Gasteiger partial charge in [0.2, 0.25) is 0 Å². The molecule has 4 heteroatoms. The minimum Gasteiger partial charge on any atom is -0.508 e. The number of aromatic hydroxyl groups is 1. The van der Waals surface area contributed by atoms with E-state index in [1.807, 2.05) is 49.4 Å². The highest BCUT2D eigenvalue weighted by Crippen LogP contribution is 2.25. The van der Waals surface area contributed by atoms with Gasteiger partial charge in [-0.2, -0.15) is 13.9 Å². The summed E-state index contributed by atoms with van der Waals surface area (Å²) in [6.45, 7) is 1.91. The molecule has 0 aliphatic carbocycles. The van der Waals surface area contributed by atoms with Gasteiger partial charge in [-0.1, -0.05) is 30.3 Å². The highest BCUT2D eigenvalue weighted by Gasteiger charge is 2.11.